The second-order valence-corrected chi connectivity index (χ2v) is 6.13. The molecule has 0 fully saturated rings. The average molecular weight is 382 g/mol. The molecule has 0 amide bonds. The van der Waals surface area contributed by atoms with Crippen LogP contribution in [-0.4, -0.2) is 28.6 Å². The highest BCUT2D eigenvalue weighted by molar-refractivity contribution is 5.69. The summed E-state index contributed by atoms with van der Waals surface area (Å²) < 4.78 is 17.6. The van der Waals surface area contributed by atoms with Gasteiger partial charge in [0.2, 0.25) is 0 Å². The standard InChI is InChI=1S/C21H22N2O5/c1-3-26-17-6-8-18(9-7-17)27-12-10-20(25)28-14-16-13-19(24)23-11-4-5-15(2)21(23)22-16/h4-9,11,13H,3,10,12,14H2,1-2H3. The van der Waals surface area contributed by atoms with Gasteiger partial charge in [-0.2, -0.15) is 0 Å². The third-order valence-corrected chi connectivity index (χ3v) is 4.03. The molecule has 0 aliphatic heterocycles. The fraction of sp³-hybridized carbons (Fsp3) is 0.286. The number of hydrogen-bond donors (Lipinski definition) is 0. The minimum Gasteiger partial charge on any atom is -0.494 e. The molecular weight excluding hydrogens is 360 g/mol. The maximum absolute atomic E-state index is 12.1. The van der Waals surface area contributed by atoms with E-state index in [1.165, 1.54) is 10.5 Å². The Kier molecular flexibility index (Phi) is 6.26. The van der Waals surface area contributed by atoms with E-state index in [1.807, 2.05) is 32.0 Å². The number of fused-ring (bicyclic) bond motifs is 1. The number of rotatable bonds is 8. The summed E-state index contributed by atoms with van der Waals surface area (Å²) in [5.41, 5.74) is 1.63. The molecule has 0 saturated carbocycles. The molecular formula is C21H22N2O5. The smallest absolute Gasteiger partial charge is 0.309 e. The number of esters is 1. The molecule has 0 aliphatic carbocycles. The van der Waals surface area contributed by atoms with Crippen molar-refractivity contribution >= 4 is 11.6 Å². The highest BCUT2D eigenvalue weighted by Gasteiger charge is 2.08. The van der Waals surface area contributed by atoms with Crippen LogP contribution in [0.3, 0.4) is 0 Å². The second-order valence-electron chi connectivity index (χ2n) is 6.13. The first-order valence-corrected chi connectivity index (χ1v) is 9.06. The third-order valence-electron chi connectivity index (χ3n) is 4.03. The fourth-order valence-corrected chi connectivity index (χ4v) is 2.66. The van der Waals surface area contributed by atoms with Gasteiger partial charge in [0.1, 0.15) is 23.8 Å². The minimum absolute atomic E-state index is 0.0536. The number of ether oxygens (including phenoxy) is 3. The predicted molar refractivity (Wildman–Crippen MR) is 104 cm³/mol. The number of benzene rings is 1. The molecule has 0 unspecified atom stereocenters. The summed E-state index contributed by atoms with van der Waals surface area (Å²) in [5, 5.41) is 0. The number of pyridine rings is 1. The molecule has 2 aromatic heterocycles. The van der Waals surface area contributed by atoms with Gasteiger partial charge in [-0.25, -0.2) is 4.98 Å². The number of aryl methyl sites for hydroxylation is 1. The highest BCUT2D eigenvalue weighted by atomic mass is 16.5. The molecule has 7 heteroatoms. The van der Waals surface area contributed by atoms with E-state index in [4.69, 9.17) is 14.2 Å². The van der Waals surface area contributed by atoms with Crippen LogP contribution >= 0.6 is 0 Å². The summed E-state index contributed by atoms with van der Waals surface area (Å²) >= 11 is 0. The maximum atomic E-state index is 12.1. The summed E-state index contributed by atoms with van der Waals surface area (Å²) in [6, 6.07) is 12.2. The van der Waals surface area contributed by atoms with Gasteiger partial charge < -0.3 is 14.2 Å². The van der Waals surface area contributed by atoms with Gasteiger partial charge >= 0.3 is 5.97 Å². The first kappa shape index (κ1) is 19.4. The fourth-order valence-electron chi connectivity index (χ4n) is 2.66. The van der Waals surface area contributed by atoms with Gasteiger partial charge in [-0.05, 0) is 49.7 Å². The summed E-state index contributed by atoms with van der Waals surface area (Å²) in [4.78, 5) is 28.5. The van der Waals surface area contributed by atoms with Gasteiger partial charge in [0.05, 0.1) is 25.3 Å². The molecule has 2 heterocycles. The Morgan fingerprint density at radius 2 is 1.82 bits per heavy atom. The van der Waals surface area contributed by atoms with E-state index in [0.717, 1.165) is 11.3 Å². The van der Waals surface area contributed by atoms with E-state index in [9.17, 15) is 9.59 Å². The predicted octanol–water partition coefficient (Wildman–Crippen LogP) is 2.91. The van der Waals surface area contributed by atoms with Crippen molar-refractivity contribution in [1.29, 1.82) is 0 Å². The number of carbonyl (C=O) groups is 1. The SMILES string of the molecule is CCOc1ccc(OCCC(=O)OCc2cc(=O)n3cccc(C)c3n2)cc1. The van der Waals surface area contributed by atoms with Crippen LogP contribution in [-0.2, 0) is 16.1 Å². The second kappa shape index (κ2) is 9.03. The van der Waals surface area contributed by atoms with Crippen molar-refractivity contribution < 1.29 is 19.0 Å². The molecule has 0 radical (unpaired) electrons. The van der Waals surface area contributed by atoms with Crippen LogP contribution in [0.1, 0.15) is 24.6 Å². The summed E-state index contributed by atoms with van der Waals surface area (Å²) in [6.07, 6.45) is 1.75. The monoisotopic (exact) mass is 382 g/mol. The lowest BCUT2D eigenvalue weighted by Gasteiger charge is -2.09. The molecule has 146 valence electrons. The topological polar surface area (TPSA) is 79.1 Å². The van der Waals surface area contributed by atoms with Crippen LogP contribution < -0.4 is 15.0 Å². The number of hydrogen-bond acceptors (Lipinski definition) is 6. The van der Waals surface area contributed by atoms with Crippen molar-refractivity contribution in [2.24, 2.45) is 0 Å². The molecule has 3 aromatic rings. The Hall–Kier alpha value is -3.35. The van der Waals surface area contributed by atoms with Crippen LogP contribution in [0.5, 0.6) is 11.5 Å². The Bertz CT molecular complexity index is 1010. The molecule has 0 bridgehead atoms. The lowest BCUT2D eigenvalue weighted by molar-refractivity contribution is -0.145. The molecule has 28 heavy (non-hydrogen) atoms. The molecule has 0 saturated heterocycles. The van der Waals surface area contributed by atoms with Gasteiger partial charge in [-0.1, -0.05) is 6.07 Å². The molecule has 0 aliphatic rings. The van der Waals surface area contributed by atoms with Crippen molar-refractivity contribution in [2.75, 3.05) is 13.2 Å². The normalized spacial score (nSPS) is 10.6. The van der Waals surface area contributed by atoms with Crippen molar-refractivity contribution in [1.82, 2.24) is 9.38 Å². The molecule has 0 spiro atoms. The zero-order valence-electron chi connectivity index (χ0n) is 15.9. The van der Waals surface area contributed by atoms with Crippen LogP contribution in [0, 0.1) is 6.92 Å². The van der Waals surface area contributed by atoms with Crippen molar-refractivity contribution in [3.8, 4) is 11.5 Å². The Balaban J connectivity index is 1.50. The largest absolute Gasteiger partial charge is 0.494 e. The van der Waals surface area contributed by atoms with Gasteiger partial charge in [-0.15, -0.1) is 0 Å². The van der Waals surface area contributed by atoms with Crippen LogP contribution in [0.2, 0.25) is 0 Å². The number of carbonyl (C=O) groups excluding carboxylic acids is 1. The zero-order chi connectivity index (χ0) is 19.9. The van der Waals surface area contributed by atoms with E-state index in [-0.39, 0.29) is 25.2 Å². The zero-order valence-corrected chi connectivity index (χ0v) is 15.9. The highest BCUT2D eigenvalue weighted by Crippen LogP contribution is 2.17. The number of nitrogens with zero attached hydrogens (tertiary/aromatic N) is 2. The van der Waals surface area contributed by atoms with Gasteiger partial charge in [0.25, 0.3) is 5.56 Å². The lowest BCUT2D eigenvalue weighted by Crippen LogP contribution is -2.17. The first-order valence-electron chi connectivity index (χ1n) is 9.06. The van der Waals surface area contributed by atoms with Gasteiger partial charge in [-0.3, -0.25) is 14.0 Å². The Labute approximate surface area is 162 Å². The van der Waals surface area contributed by atoms with E-state index >= 15 is 0 Å². The van der Waals surface area contributed by atoms with Crippen molar-refractivity contribution in [3.63, 3.8) is 0 Å². The van der Waals surface area contributed by atoms with Crippen molar-refractivity contribution in [2.45, 2.75) is 26.9 Å². The van der Waals surface area contributed by atoms with Crippen LogP contribution in [0.4, 0.5) is 0 Å². The van der Waals surface area contributed by atoms with E-state index in [0.29, 0.717) is 23.7 Å². The maximum Gasteiger partial charge on any atom is 0.309 e. The van der Waals surface area contributed by atoms with Crippen LogP contribution in [0.15, 0.2) is 53.5 Å². The quantitative estimate of drug-likeness (QED) is 0.558. The molecule has 7 nitrogen and oxygen atoms in total. The third kappa shape index (κ3) is 4.88. The average Bonchev–Trinajstić information content (AvgIpc) is 2.69. The number of aromatic nitrogens is 2. The van der Waals surface area contributed by atoms with E-state index < -0.39 is 5.97 Å². The first-order chi connectivity index (χ1) is 13.6. The molecule has 0 atom stereocenters. The van der Waals surface area contributed by atoms with Crippen LogP contribution in [0.25, 0.3) is 5.65 Å². The molecule has 3 rings (SSSR count). The van der Waals surface area contributed by atoms with E-state index in [1.54, 1.807) is 24.4 Å². The molecule has 0 N–H and O–H groups in total. The van der Waals surface area contributed by atoms with Gasteiger partial charge in [0, 0.05) is 12.3 Å². The summed E-state index contributed by atoms with van der Waals surface area (Å²) in [5.74, 6) is 0.997. The Morgan fingerprint density at radius 3 is 2.54 bits per heavy atom. The summed E-state index contributed by atoms with van der Waals surface area (Å²) in [7, 11) is 0. The van der Waals surface area contributed by atoms with Gasteiger partial charge in [0.15, 0.2) is 0 Å². The minimum atomic E-state index is -0.419. The van der Waals surface area contributed by atoms with E-state index in [2.05, 4.69) is 4.98 Å². The molecule has 1 aromatic carbocycles. The summed E-state index contributed by atoms with van der Waals surface area (Å²) in [6.45, 7) is 4.53. The Morgan fingerprint density at radius 1 is 1.11 bits per heavy atom. The lowest BCUT2D eigenvalue weighted by atomic mass is 10.3. The van der Waals surface area contributed by atoms with Crippen molar-refractivity contribution in [3.05, 3.63) is 70.3 Å².